The maximum absolute atomic E-state index is 13.5. The molecule has 1 aliphatic heterocycles. The molecule has 2 heterocycles. The first-order valence-corrected chi connectivity index (χ1v) is 11.6. The van der Waals surface area contributed by atoms with E-state index < -0.39 is 17.5 Å². The van der Waals surface area contributed by atoms with Crippen LogP contribution in [0.5, 0.6) is 0 Å². The minimum atomic E-state index is -0.675. The molecule has 184 valence electrons. The molecule has 9 heteroatoms. The number of pyridine rings is 1. The first-order chi connectivity index (χ1) is 16.9. The van der Waals surface area contributed by atoms with Crippen LogP contribution in [0.4, 0.5) is 31.7 Å². The number of nitrogens with zero attached hydrogens (tertiary/aromatic N) is 2. The number of halogens is 2. The van der Waals surface area contributed by atoms with E-state index >= 15 is 0 Å². The van der Waals surface area contributed by atoms with Crippen LogP contribution in [0.3, 0.4) is 0 Å². The molecule has 5 N–H and O–H groups in total. The zero-order valence-corrected chi connectivity index (χ0v) is 19.3. The van der Waals surface area contributed by atoms with Gasteiger partial charge in [-0.05, 0) is 61.1 Å². The average Bonchev–Trinajstić information content (AvgIpc) is 2.83. The van der Waals surface area contributed by atoms with E-state index in [4.69, 9.17) is 5.73 Å². The van der Waals surface area contributed by atoms with E-state index in [0.29, 0.717) is 23.0 Å². The van der Waals surface area contributed by atoms with Gasteiger partial charge < -0.3 is 26.4 Å². The lowest BCUT2D eigenvalue weighted by atomic mass is 9.93. The average molecular weight is 482 g/mol. The van der Waals surface area contributed by atoms with Gasteiger partial charge in [-0.2, -0.15) is 0 Å². The van der Waals surface area contributed by atoms with Gasteiger partial charge in [0, 0.05) is 55.9 Å². The Labute approximate surface area is 203 Å². The molecule has 4 rings (SSSR count). The van der Waals surface area contributed by atoms with E-state index in [1.54, 1.807) is 6.07 Å². The number of carbonyl (C=O) groups excluding carboxylic acids is 1. The molecule has 1 amide bonds. The summed E-state index contributed by atoms with van der Waals surface area (Å²) >= 11 is 0. The molecular formula is C26H29F2N5O2. The van der Waals surface area contributed by atoms with Crippen molar-refractivity contribution < 1.29 is 18.7 Å². The highest BCUT2D eigenvalue weighted by Crippen LogP contribution is 2.28. The van der Waals surface area contributed by atoms with Crippen molar-refractivity contribution in [3.8, 4) is 0 Å². The van der Waals surface area contributed by atoms with Gasteiger partial charge in [0.1, 0.15) is 17.5 Å². The molecule has 7 nitrogen and oxygen atoms in total. The smallest absolute Gasteiger partial charge is 0.252 e. The minimum Gasteiger partial charge on any atom is -0.396 e. The normalized spacial score (nSPS) is 14.1. The second-order valence-corrected chi connectivity index (χ2v) is 8.73. The number of benzene rings is 2. The zero-order chi connectivity index (χ0) is 24.8. The van der Waals surface area contributed by atoms with Crippen LogP contribution >= 0.6 is 0 Å². The summed E-state index contributed by atoms with van der Waals surface area (Å²) in [5.74, 6) is -0.955. The highest BCUT2D eigenvalue weighted by molar-refractivity contribution is 5.98. The summed E-state index contributed by atoms with van der Waals surface area (Å²) in [5.41, 5.74) is 8.38. The second-order valence-electron chi connectivity index (χ2n) is 8.73. The molecule has 0 unspecified atom stereocenters. The van der Waals surface area contributed by atoms with E-state index in [-0.39, 0.29) is 18.7 Å². The third kappa shape index (κ3) is 6.45. The van der Waals surface area contributed by atoms with Crippen molar-refractivity contribution in [2.45, 2.75) is 25.8 Å². The fraction of sp³-hybridized carbons (Fsp3) is 0.308. The molecular weight excluding hydrogens is 452 g/mol. The molecule has 0 saturated carbocycles. The van der Waals surface area contributed by atoms with Gasteiger partial charge in [0.15, 0.2) is 0 Å². The molecule has 0 spiro atoms. The standard InChI is InChI=1S/C26H29F2N5O2/c27-19-10-18(11-20(28)12-19)15-30-24-14-25(31-16-23(24)26(29)35)32-21-2-1-3-22(13-21)33-7-4-17(5-8-33)6-9-34/h1-3,10-14,16-17,34H,4-9,15H2,(H2,29,35)(H2,30,31,32). The predicted molar refractivity (Wildman–Crippen MR) is 133 cm³/mol. The predicted octanol–water partition coefficient (Wildman–Crippen LogP) is 4.41. The van der Waals surface area contributed by atoms with Crippen molar-refractivity contribution in [2.24, 2.45) is 11.7 Å². The topological polar surface area (TPSA) is 104 Å². The number of primary amides is 1. The number of rotatable bonds is 9. The highest BCUT2D eigenvalue weighted by atomic mass is 19.1. The Bertz CT molecular complexity index is 1160. The van der Waals surface area contributed by atoms with Gasteiger partial charge in [-0.3, -0.25) is 4.79 Å². The lowest BCUT2D eigenvalue weighted by Gasteiger charge is -2.33. The Kier molecular flexibility index (Phi) is 7.77. The Hall–Kier alpha value is -3.72. The summed E-state index contributed by atoms with van der Waals surface area (Å²) in [6, 6.07) is 12.9. The SMILES string of the molecule is NC(=O)c1cnc(Nc2cccc(N3CCC(CCO)CC3)c2)cc1NCc1cc(F)cc(F)c1. The van der Waals surface area contributed by atoms with Gasteiger partial charge in [0.05, 0.1) is 11.3 Å². The number of aliphatic hydroxyl groups is 1. The quantitative estimate of drug-likeness (QED) is 0.361. The number of carbonyl (C=O) groups is 1. The fourth-order valence-corrected chi connectivity index (χ4v) is 4.37. The molecule has 0 aliphatic carbocycles. The summed E-state index contributed by atoms with van der Waals surface area (Å²) in [7, 11) is 0. The summed E-state index contributed by atoms with van der Waals surface area (Å²) < 4.78 is 27.0. The molecule has 0 bridgehead atoms. The molecule has 1 aliphatic rings. The van der Waals surface area contributed by atoms with Gasteiger partial charge in [-0.15, -0.1) is 0 Å². The van der Waals surface area contributed by atoms with Crippen molar-refractivity contribution in [3.05, 3.63) is 77.5 Å². The minimum absolute atomic E-state index is 0.0974. The van der Waals surface area contributed by atoms with Crippen LogP contribution in [-0.4, -0.2) is 35.7 Å². The molecule has 1 aromatic heterocycles. The van der Waals surface area contributed by atoms with Crippen molar-refractivity contribution in [1.29, 1.82) is 0 Å². The number of amides is 1. The lowest BCUT2D eigenvalue weighted by molar-refractivity contribution is 0.100. The van der Waals surface area contributed by atoms with Crippen molar-refractivity contribution in [1.82, 2.24) is 4.98 Å². The van der Waals surface area contributed by atoms with Crippen LogP contribution in [0.1, 0.15) is 35.2 Å². The molecule has 2 aromatic carbocycles. The van der Waals surface area contributed by atoms with Gasteiger partial charge in [-0.1, -0.05) is 6.07 Å². The van der Waals surface area contributed by atoms with Crippen molar-refractivity contribution in [2.75, 3.05) is 35.2 Å². The first kappa shape index (κ1) is 24.4. The van der Waals surface area contributed by atoms with E-state index in [1.165, 1.54) is 18.3 Å². The van der Waals surface area contributed by atoms with Crippen LogP contribution in [0.2, 0.25) is 0 Å². The number of hydrogen-bond donors (Lipinski definition) is 4. The van der Waals surface area contributed by atoms with Gasteiger partial charge in [0.25, 0.3) is 5.91 Å². The fourth-order valence-electron chi connectivity index (χ4n) is 4.37. The van der Waals surface area contributed by atoms with Crippen LogP contribution in [0.25, 0.3) is 0 Å². The molecule has 0 radical (unpaired) electrons. The highest BCUT2D eigenvalue weighted by Gasteiger charge is 2.19. The first-order valence-electron chi connectivity index (χ1n) is 11.6. The summed E-state index contributed by atoms with van der Waals surface area (Å²) in [6.45, 7) is 2.21. The monoisotopic (exact) mass is 481 g/mol. The van der Waals surface area contributed by atoms with Crippen LogP contribution in [-0.2, 0) is 6.54 Å². The Balaban J connectivity index is 1.47. The number of nitrogens with two attached hydrogens (primary N) is 1. The number of aliphatic hydroxyl groups excluding tert-OH is 1. The van der Waals surface area contributed by atoms with Gasteiger partial charge in [0.2, 0.25) is 0 Å². The maximum Gasteiger partial charge on any atom is 0.252 e. The van der Waals surface area contributed by atoms with E-state index in [0.717, 1.165) is 49.8 Å². The number of nitrogens with one attached hydrogen (secondary N) is 2. The van der Waals surface area contributed by atoms with Gasteiger partial charge in [-0.25, -0.2) is 13.8 Å². The van der Waals surface area contributed by atoms with Crippen LogP contribution in [0.15, 0.2) is 54.7 Å². The third-order valence-electron chi connectivity index (χ3n) is 6.21. The number of aromatic nitrogens is 1. The number of piperidine rings is 1. The van der Waals surface area contributed by atoms with Crippen molar-refractivity contribution >= 4 is 28.8 Å². The molecule has 1 fully saturated rings. The maximum atomic E-state index is 13.5. The Morgan fingerprint density at radius 3 is 2.54 bits per heavy atom. The van der Waals surface area contributed by atoms with Crippen LogP contribution < -0.4 is 21.3 Å². The molecule has 1 saturated heterocycles. The van der Waals surface area contributed by atoms with E-state index in [9.17, 15) is 18.7 Å². The van der Waals surface area contributed by atoms with E-state index in [2.05, 4.69) is 26.6 Å². The number of anilines is 4. The largest absolute Gasteiger partial charge is 0.396 e. The second kappa shape index (κ2) is 11.1. The zero-order valence-electron chi connectivity index (χ0n) is 19.3. The van der Waals surface area contributed by atoms with E-state index in [1.807, 2.05) is 18.2 Å². The molecule has 3 aromatic rings. The molecule has 35 heavy (non-hydrogen) atoms. The third-order valence-corrected chi connectivity index (χ3v) is 6.21. The van der Waals surface area contributed by atoms with Crippen molar-refractivity contribution in [3.63, 3.8) is 0 Å². The summed E-state index contributed by atoms with van der Waals surface area (Å²) in [6.07, 6.45) is 4.33. The van der Waals surface area contributed by atoms with Crippen LogP contribution in [0, 0.1) is 17.6 Å². The Morgan fingerprint density at radius 1 is 1.11 bits per heavy atom. The van der Waals surface area contributed by atoms with Gasteiger partial charge >= 0.3 is 0 Å². The Morgan fingerprint density at radius 2 is 1.86 bits per heavy atom. The number of hydrogen-bond acceptors (Lipinski definition) is 6. The summed E-state index contributed by atoms with van der Waals surface area (Å²) in [4.78, 5) is 18.5. The molecule has 0 atom stereocenters. The lowest BCUT2D eigenvalue weighted by Crippen LogP contribution is -2.33. The summed E-state index contributed by atoms with van der Waals surface area (Å²) in [5, 5.41) is 15.5.